The van der Waals surface area contributed by atoms with Crippen LogP contribution in [0.2, 0.25) is 0 Å². The molecule has 0 saturated carbocycles. The minimum Gasteiger partial charge on any atom is -0.496 e. The minimum atomic E-state index is -0.532. The molecule has 1 N–H and O–H groups in total. The van der Waals surface area contributed by atoms with Crippen molar-refractivity contribution in [1.82, 2.24) is 5.32 Å². The molecule has 1 saturated heterocycles. The van der Waals surface area contributed by atoms with Gasteiger partial charge in [-0.2, -0.15) is 0 Å². The van der Waals surface area contributed by atoms with Gasteiger partial charge in [0.2, 0.25) is 0 Å². The van der Waals surface area contributed by atoms with E-state index in [0.717, 1.165) is 29.5 Å². The van der Waals surface area contributed by atoms with Crippen molar-refractivity contribution in [3.05, 3.63) is 41.5 Å². The highest BCUT2D eigenvalue weighted by Crippen LogP contribution is 2.37. The molecule has 2 aromatic rings. The molecule has 0 aromatic heterocycles. The Kier molecular flexibility index (Phi) is 6.57. The number of nitrogens with one attached hydrogen (secondary N) is 1. The molecule has 0 spiro atoms. The Hall–Kier alpha value is -2.11. The molecule has 5 heteroatoms. The van der Waals surface area contributed by atoms with Gasteiger partial charge < -0.3 is 19.5 Å². The summed E-state index contributed by atoms with van der Waals surface area (Å²) in [5.74, 6) is 0.703. The van der Waals surface area contributed by atoms with Crippen molar-refractivity contribution < 1.29 is 19.0 Å². The second-order valence-corrected chi connectivity index (χ2v) is 7.54. The number of carbonyl (C=O) groups is 1. The van der Waals surface area contributed by atoms with Crippen LogP contribution < -0.4 is 10.1 Å². The molecule has 28 heavy (non-hydrogen) atoms. The molecule has 3 rings (SSSR count). The molecule has 1 fully saturated rings. The predicted octanol–water partition coefficient (Wildman–Crippen LogP) is 3.96. The molecule has 2 atom stereocenters. The SMILES string of the molecule is CCCCCc1cc2cc([C@@]3(OC)CN[C@H](C(=O)OC)C3)ccc2cc1OC. The summed E-state index contributed by atoms with van der Waals surface area (Å²) in [7, 11) is 4.85. The lowest BCUT2D eigenvalue weighted by Gasteiger charge is -2.28. The molecule has 1 heterocycles. The third-order valence-electron chi connectivity index (χ3n) is 5.86. The van der Waals surface area contributed by atoms with Crippen molar-refractivity contribution >= 4 is 16.7 Å². The largest absolute Gasteiger partial charge is 0.496 e. The molecule has 5 nitrogen and oxygen atoms in total. The maximum absolute atomic E-state index is 11.9. The van der Waals surface area contributed by atoms with Gasteiger partial charge in [0.05, 0.1) is 14.2 Å². The van der Waals surface area contributed by atoms with Crippen molar-refractivity contribution in [2.75, 3.05) is 27.9 Å². The topological polar surface area (TPSA) is 56.8 Å². The summed E-state index contributed by atoms with van der Waals surface area (Å²) in [5.41, 5.74) is 1.78. The van der Waals surface area contributed by atoms with E-state index >= 15 is 0 Å². The van der Waals surface area contributed by atoms with E-state index in [1.54, 1.807) is 14.2 Å². The number of hydrogen-bond donors (Lipinski definition) is 1. The third kappa shape index (κ3) is 4.01. The van der Waals surface area contributed by atoms with Gasteiger partial charge in [0.15, 0.2) is 0 Å². The second kappa shape index (κ2) is 8.93. The molecule has 0 unspecified atom stereocenters. The number of fused-ring (bicyclic) bond motifs is 1. The molecule has 2 aromatic carbocycles. The van der Waals surface area contributed by atoms with Gasteiger partial charge in [-0.3, -0.25) is 4.79 Å². The van der Waals surface area contributed by atoms with Crippen molar-refractivity contribution in [3.63, 3.8) is 0 Å². The lowest BCUT2D eigenvalue weighted by molar-refractivity contribution is -0.143. The van der Waals surface area contributed by atoms with E-state index in [2.05, 4.69) is 42.6 Å². The number of carbonyl (C=O) groups excluding carboxylic acids is 1. The van der Waals surface area contributed by atoms with Gasteiger partial charge >= 0.3 is 5.97 Å². The molecule has 0 amide bonds. The summed E-state index contributed by atoms with van der Waals surface area (Å²) < 4.78 is 16.4. The van der Waals surface area contributed by atoms with Gasteiger partial charge in [0.1, 0.15) is 17.4 Å². The Morgan fingerprint density at radius 1 is 1.14 bits per heavy atom. The fourth-order valence-corrected chi connectivity index (χ4v) is 4.12. The molecule has 0 radical (unpaired) electrons. The molecule has 152 valence electrons. The van der Waals surface area contributed by atoms with Crippen LogP contribution >= 0.6 is 0 Å². The zero-order valence-corrected chi connectivity index (χ0v) is 17.3. The number of ether oxygens (including phenoxy) is 3. The molecule has 0 aliphatic carbocycles. The van der Waals surface area contributed by atoms with Crippen LogP contribution in [0.25, 0.3) is 10.8 Å². The highest BCUT2D eigenvalue weighted by Gasteiger charge is 2.44. The summed E-state index contributed by atoms with van der Waals surface area (Å²) in [6.07, 6.45) is 5.14. The van der Waals surface area contributed by atoms with Gasteiger partial charge in [-0.1, -0.05) is 31.9 Å². The predicted molar refractivity (Wildman–Crippen MR) is 111 cm³/mol. The second-order valence-electron chi connectivity index (χ2n) is 7.54. The van der Waals surface area contributed by atoms with Crippen LogP contribution in [0.3, 0.4) is 0 Å². The maximum Gasteiger partial charge on any atom is 0.322 e. The van der Waals surface area contributed by atoms with E-state index in [0.29, 0.717) is 13.0 Å². The number of benzene rings is 2. The fourth-order valence-electron chi connectivity index (χ4n) is 4.12. The quantitative estimate of drug-likeness (QED) is 0.551. The fraction of sp³-hybridized carbons (Fsp3) is 0.522. The summed E-state index contributed by atoms with van der Waals surface area (Å²) in [4.78, 5) is 11.9. The van der Waals surface area contributed by atoms with E-state index in [9.17, 15) is 4.79 Å². The van der Waals surface area contributed by atoms with Gasteiger partial charge in [0.25, 0.3) is 0 Å². The Balaban J connectivity index is 1.95. The van der Waals surface area contributed by atoms with Gasteiger partial charge in [0, 0.05) is 20.1 Å². The Morgan fingerprint density at radius 3 is 2.64 bits per heavy atom. The van der Waals surface area contributed by atoms with Crippen LogP contribution in [0.4, 0.5) is 0 Å². The molecular formula is C23H31NO4. The summed E-state index contributed by atoms with van der Waals surface area (Å²) >= 11 is 0. The Bertz CT molecular complexity index is 835. The third-order valence-corrected chi connectivity index (χ3v) is 5.86. The zero-order valence-electron chi connectivity index (χ0n) is 17.3. The van der Waals surface area contributed by atoms with Gasteiger partial charge in [-0.25, -0.2) is 0 Å². The number of aryl methyl sites for hydroxylation is 1. The lowest BCUT2D eigenvalue weighted by atomic mass is 9.88. The van der Waals surface area contributed by atoms with E-state index < -0.39 is 5.60 Å². The number of esters is 1. The number of methoxy groups -OCH3 is 3. The average Bonchev–Trinajstić information content (AvgIpc) is 3.18. The van der Waals surface area contributed by atoms with E-state index in [1.165, 1.54) is 30.9 Å². The van der Waals surface area contributed by atoms with Crippen LogP contribution in [-0.2, 0) is 26.3 Å². The Labute approximate surface area is 167 Å². The van der Waals surface area contributed by atoms with Gasteiger partial charge in [-0.15, -0.1) is 0 Å². The number of rotatable bonds is 8. The highest BCUT2D eigenvalue weighted by molar-refractivity contribution is 5.86. The first kappa shape index (κ1) is 20.6. The molecule has 0 bridgehead atoms. The summed E-state index contributed by atoms with van der Waals surface area (Å²) in [5, 5.41) is 5.55. The number of hydrogen-bond acceptors (Lipinski definition) is 5. The normalized spacial score (nSPS) is 21.8. The van der Waals surface area contributed by atoms with E-state index in [1.807, 2.05) is 0 Å². The van der Waals surface area contributed by atoms with Crippen molar-refractivity contribution in [2.24, 2.45) is 0 Å². The molecule has 1 aliphatic heterocycles. The lowest BCUT2D eigenvalue weighted by Crippen LogP contribution is -2.31. The maximum atomic E-state index is 11.9. The molecular weight excluding hydrogens is 354 g/mol. The van der Waals surface area contributed by atoms with Crippen LogP contribution in [-0.4, -0.2) is 39.9 Å². The van der Waals surface area contributed by atoms with Crippen LogP contribution in [0.15, 0.2) is 30.3 Å². The monoisotopic (exact) mass is 385 g/mol. The first-order chi connectivity index (χ1) is 13.6. The zero-order chi connectivity index (χ0) is 20.1. The average molecular weight is 386 g/mol. The van der Waals surface area contributed by atoms with Gasteiger partial charge in [-0.05, 0) is 52.9 Å². The Morgan fingerprint density at radius 2 is 1.96 bits per heavy atom. The van der Waals surface area contributed by atoms with Crippen molar-refractivity contribution in [3.8, 4) is 5.75 Å². The highest BCUT2D eigenvalue weighted by atomic mass is 16.5. The van der Waals surface area contributed by atoms with Crippen molar-refractivity contribution in [2.45, 2.75) is 50.7 Å². The first-order valence-corrected chi connectivity index (χ1v) is 10.0. The summed E-state index contributed by atoms with van der Waals surface area (Å²) in [6, 6.07) is 10.4. The van der Waals surface area contributed by atoms with Crippen LogP contribution in [0.1, 0.15) is 43.7 Å². The van der Waals surface area contributed by atoms with Crippen LogP contribution in [0, 0.1) is 0 Å². The standard InChI is InChI=1S/C23H31NO4/c1-5-6-7-8-17-11-18-12-19(10-9-16(18)13-21(17)26-2)23(28-4)14-20(24-15-23)22(25)27-3/h9-13,20,24H,5-8,14-15H2,1-4H3/t20-,23-/m0/s1. The smallest absolute Gasteiger partial charge is 0.322 e. The summed E-state index contributed by atoms with van der Waals surface area (Å²) in [6.45, 7) is 2.79. The van der Waals surface area contributed by atoms with E-state index in [4.69, 9.17) is 14.2 Å². The number of unbranched alkanes of at least 4 members (excludes halogenated alkanes) is 2. The minimum absolute atomic E-state index is 0.248. The van der Waals surface area contributed by atoms with Crippen LogP contribution in [0.5, 0.6) is 5.75 Å². The van der Waals surface area contributed by atoms with E-state index in [-0.39, 0.29) is 12.0 Å². The molecule has 1 aliphatic rings. The first-order valence-electron chi connectivity index (χ1n) is 10.0. The van der Waals surface area contributed by atoms with Crippen molar-refractivity contribution in [1.29, 1.82) is 0 Å².